The molecule has 0 unspecified atom stereocenters. The molecule has 0 radical (unpaired) electrons. The third-order valence-electron chi connectivity index (χ3n) is 2.38. The molecule has 3 N–H and O–H groups in total. The van der Waals surface area contributed by atoms with E-state index in [-0.39, 0.29) is 16.8 Å². The lowest BCUT2D eigenvalue weighted by atomic mass is 10.0. The van der Waals surface area contributed by atoms with Crippen LogP contribution in [0.15, 0.2) is 30.6 Å². The molecule has 0 saturated carbocycles. The van der Waals surface area contributed by atoms with Gasteiger partial charge in [0.05, 0.1) is 17.3 Å². The van der Waals surface area contributed by atoms with Gasteiger partial charge in [0, 0.05) is 17.4 Å². The average Bonchev–Trinajstić information content (AvgIpc) is 2.80. The number of halogens is 3. The molecule has 0 aliphatic rings. The number of carbonyl (C=O) groups is 1. The zero-order valence-corrected chi connectivity index (χ0v) is 8.95. The summed E-state index contributed by atoms with van der Waals surface area (Å²) < 4.78 is 37.3. The number of nitrogens with one attached hydrogen (secondary N) is 1. The molecule has 0 amide bonds. The Labute approximate surface area is 99.6 Å². The average molecular weight is 255 g/mol. The summed E-state index contributed by atoms with van der Waals surface area (Å²) in [5, 5.41) is 6.03. The lowest BCUT2D eigenvalue weighted by Gasteiger charge is -2.09. The van der Waals surface area contributed by atoms with E-state index in [1.54, 1.807) is 0 Å². The number of carbonyl (C=O) groups excluding carboxylic acids is 1. The van der Waals surface area contributed by atoms with Crippen molar-refractivity contribution in [3.8, 4) is 0 Å². The van der Waals surface area contributed by atoms with Gasteiger partial charge in [-0.1, -0.05) is 0 Å². The molecule has 0 atom stereocenters. The van der Waals surface area contributed by atoms with E-state index in [4.69, 9.17) is 5.73 Å². The van der Waals surface area contributed by atoms with Gasteiger partial charge in [-0.2, -0.15) is 18.3 Å². The summed E-state index contributed by atoms with van der Waals surface area (Å²) in [5.74, 6) is -0.477. The second-order valence-electron chi connectivity index (χ2n) is 3.62. The van der Waals surface area contributed by atoms with Crippen molar-refractivity contribution in [1.82, 2.24) is 10.2 Å². The molecular formula is C11H8F3N3O. The van der Waals surface area contributed by atoms with Crippen LogP contribution in [0.2, 0.25) is 0 Å². The molecule has 0 aliphatic carbocycles. The van der Waals surface area contributed by atoms with E-state index >= 15 is 0 Å². The number of aromatic nitrogens is 2. The Bertz CT molecular complexity index is 576. The van der Waals surface area contributed by atoms with E-state index < -0.39 is 17.5 Å². The van der Waals surface area contributed by atoms with Gasteiger partial charge in [-0.05, 0) is 18.2 Å². The predicted molar refractivity (Wildman–Crippen MR) is 57.9 cm³/mol. The summed E-state index contributed by atoms with van der Waals surface area (Å²) in [6, 6.07) is 2.63. The number of aromatic amines is 1. The zero-order chi connectivity index (χ0) is 13.3. The Morgan fingerprint density at radius 3 is 2.56 bits per heavy atom. The van der Waals surface area contributed by atoms with E-state index in [0.29, 0.717) is 0 Å². The quantitative estimate of drug-likeness (QED) is 0.638. The number of nitrogens with two attached hydrogens (primary N) is 1. The van der Waals surface area contributed by atoms with Crippen molar-refractivity contribution in [3.63, 3.8) is 0 Å². The summed E-state index contributed by atoms with van der Waals surface area (Å²) in [6.45, 7) is 0. The second kappa shape index (κ2) is 4.17. The highest BCUT2D eigenvalue weighted by Crippen LogP contribution is 2.31. The molecule has 0 saturated heterocycles. The number of hydrogen-bond donors (Lipinski definition) is 2. The molecule has 1 aromatic carbocycles. The van der Waals surface area contributed by atoms with Crippen LogP contribution in [0.3, 0.4) is 0 Å². The number of alkyl halides is 3. The van der Waals surface area contributed by atoms with E-state index in [1.165, 1.54) is 12.4 Å². The number of nitrogen functional groups attached to an aromatic ring is 1. The van der Waals surface area contributed by atoms with Gasteiger partial charge in [0.2, 0.25) is 0 Å². The number of nitrogens with zero attached hydrogens (tertiary/aromatic N) is 1. The molecule has 1 aromatic heterocycles. The van der Waals surface area contributed by atoms with Crippen molar-refractivity contribution in [2.45, 2.75) is 6.18 Å². The van der Waals surface area contributed by atoms with Gasteiger partial charge in [-0.25, -0.2) is 0 Å². The lowest BCUT2D eigenvalue weighted by Crippen LogP contribution is -2.09. The molecule has 1 heterocycles. The first-order chi connectivity index (χ1) is 8.39. The number of benzene rings is 1. The van der Waals surface area contributed by atoms with Gasteiger partial charge in [0.1, 0.15) is 0 Å². The fraction of sp³-hybridized carbons (Fsp3) is 0.0909. The molecule has 2 aromatic rings. The van der Waals surface area contributed by atoms with Crippen LogP contribution in [0.1, 0.15) is 21.5 Å². The van der Waals surface area contributed by atoms with Gasteiger partial charge in [0.25, 0.3) is 0 Å². The fourth-order valence-electron chi connectivity index (χ4n) is 1.48. The Morgan fingerprint density at radius 1 is 1.33 bits per heavy atom. The highest BCUT2D eigenvalue weighted by molar-refractivity contribution is 6.11. The maximum absolute atomic E-state index is 12.4. The number of anilines is 1. The number of ketones is 1. The Hall–Kier alpha value is -2.31. The highest BCUT2D eigenvalue weighted by Gasteiger charge is 2.31. The summed E-state index contributed by atoms with van der Waals surface area (Å²) in [5.41, 5.74) is 4.63. The Morgan fingerprint density at radius 2 is 2.06 bits per heavy atom. The van der Waals surface area contributed by atoms with Crippen molar-refractivity contribution >= 4 is 11.5 Å². The molecule has 94 valence electrons. The zero-order valence-electron chi connectivity index (χ0n) is 8.95. The van der Waals surface area contributed by atoms with Crippen molar-refractivity contribution < 1.29 is 18.0 Å². The van der Waals surface area contributed by atoms with Gasteiger partial charge in [-0.3, -0.25) is 9.89 Å². The van der Waals surface area contributed by atoms with E-state index in [1.807, 2.05) is 0 Å². The molecular weight excluding hydrogens is 247 g/mol. The topological polar surface area (TPSA) is 71.8 Å². The third kappa shape index (κ3) is 2.20. The standard InChI is InChI=1S/C11H8F3N3O/c12-11(13,14)7-1-2-8(9(15)3-7)10(18)6-4-16-17-5-6/h1-5H,15H2,(H,16,17). The SMILES string of the molecule is Nc1cc(C(F)(F)F)ccc1C(=O)c1cn[nH]c1. The first-order valence-electron chi connectivity index (χ1n) is 4.90. The first-order valence-corrected chi connectivity index (χ1v) is 4.90. The molecule has 2 rings (SSSR count). The van der Waals surface area contributed by atoms with Crippen LogP contribution in [0.5, 0.6) is 0 Å². The van der Waals surface area contributed by atoms with Gasteiger partial charge in [0.15, 0.2) is 5.78 Å². The fourth-order valence-corrected chi connectivity index (χ4v) is 1.48. The summed E-state index contributed by atoms with van der Waals surface area (Å²) >= 11 is 0. The number of rotatable bonds is 2. The summed E-state index contributed by atoms with van der Waals surface area (Å²) in [4.78, 5) is 11.9. The lowest BCUT2D eigenvalue weighted by molar-refractivity contribution is -0.137. The smallest absolute Gasteiger partial charge is 0.398 e. The van der Waals surface area contributed by atoms with Crippen molar-refractivity contribution in [3.05, 3.63) is 47.3 Å². The second-order valence-corrected chi connectivity index (χ2v) is 3.62. The van der Waals surface area contributed by atoms with Crippen molar-refractivity contribution in [2.75, 3.05) is 5.73 Å². The van der Waals surface area contributed by atoms with Crippen LogP contribution in [0, 0.1) is 0 Å². The highest BCUT2D eigenvalue weighted by atomic mass is 19.4. The van der Waals surface area contributed by atoms with Crippen LogP contribution >= 0.6 is 0 Å². The van der Waals surface area contributed by atoms with Crippen molar-refractivity contribution in [1.29, 1.82) is 0 Å². The van der Waals surface area contributed by atoms with Crippen LogP contribution in [0.4, 0.5) is 18.9 Å². The molecule has 18 heavy (non-hydrogen) atoms. The molecule has 0 bridgehead atoms. The van der Waals surface area contributed by atoms with Crippen LogP contribution in [-0.4, -0.2) is 16.0 Å². The van der Waals surface area contributed by atoms with Crippen LogP contribution in [0.25, 0.3) is 0 Å². The van der Waals surface area contributed by atoms with E-state index in [9.17, 15) is 18.0 Å². The third-order valence-corrected chi connectivity index (χ3v) is 2.38. The van der Waals surface area contributed by atoms with Gasteiger partial charge >= 0.3 is 6.18 Å². The van der Waals surface area contributed by atoms with Crippen LogP contribution < -0.4 is 5.73 Å². The van der Waals surface area contributed by atoms with E-state index in [0.717, 1.165) is 18.2 Å². The van der Waals surface area contributed by atoms with Gasteiger partial charge < -0.3 is 5.73 Å². The summed E-state index contributed by atoms with van der Waals surface area (Å²) in [6.07, 6.45) is -1.86. The Balaban J connectivity index is 2.40. The Kier molecular flexibility index (Phi) is 2.82. The first kappa shape index (κ1) is 12.2. The molecule has 0 fully saturated rings. The minimum Gasteiger partial charge on any atom is -0.398 e. The normalized spacial score (nSPS) is 11.5. The molecule has 0 aliphatic heterocycles. The molecule has 0 spiro atoms. The molecule has 7 heteroatoms. The monoisotopic (exact) mass is 255 g/mol. The maximum Gasteiger partial charge on any atom is 0.416 e. The van der Waals surface area contributed by atoms with Gasteiger partial charge in [-0.15, -0.1) is 0 Å². The number of H-pyrrole nitrogens is 1. The molecule has 4 nitrogen and oxygen atoms in total. The summed E-state index contributed by atoms with van der Waals surface area (Å²) in [7, 11) is 0. The van der Waals surface area contributed by atoms with Crippen molar-refractivity contribution in [2.24, 2.45) is 0 Å². The minimum absolute atomic E-state index is 0.0180. The minimum atomic E-state index is -4.48. The van der Waals surface area contributed by atoms with E-state index in [2.05, 4.69) is 10.2 Å². The predicted octanol–water partition coefficient (Wildman–Crippen LogP) is 2.24. The van der Waals surface area contributed by atoms with Crippen LogP contribution in [-0.2, 0) is 6.18 Å². The largest absolute Gasteiger partial charge is 0.416 e. The maximum atomic E-state index is 12.4. The number of hydrogen-bond acceptors (Lipinski definition) is 3.